The van der Waals surface area contributed by atoms with Crippen molar-refractivity contribution in [3.8, 4) is 0 Å². The van der Waals surface area contributed by atoms with Gasteiger partial charge in [0.1, 0.15) is 0 Å². The minimum atomic E-state index is -0.371. The smallest absolute Gasteiger partial charge is 0.0900 e. The van der Waals surface area contributed by atoms with Crippen LogP contribution in [-0.4, -0.2) is 65.4 Å². The molecule has 3 rings (SSSR count). The maximum Gasteiger partial charge on any atom is 0.0900 e. The quantitative estimate of drug-likeness (QED) is 0.832. The minimum absolute atomic E-state index is 0.186. The Kier molecular flexibility index (Phi) is 5.14. The Hall–Kier alpha value is -0.940. The summed E-state index contributed by atoms with van der Waals surface area (Å²) in [5.41, 5.74) is 1.40. The molecule has 0 unspecified atom stereocenters. The number of fused-ring (bicyclic) bond motifs is 2. The van der Waals surface area contributed by atoms with Crippen LogP contribution in [0.4, 0.5) is 0 Å². The summed E-state index contributed by atoms with van der Waals surface area (Å²) in [6.45, 7) is 8.45. The molecule has 2 aliphatic rings. The first kappa shape index (κ1) is 15.9. The Morgan fingerprint density at radius 2 is 1.82 bits per heavy atom. The molecule has 2 saturated heterocycles. The van der Waals surface area contributed by atoms with E-state index >= 15 is 0 Å². The van der Waals surface area contributed by atoms with Crippen molar-refractivity contribution in [1.82, 2.24) is 9.80 Å². The molecule has 0 saturated carbocycles. The number of hydrogen-bond donors (Lipinski definition) is 1. The van der Waals surface area contributed by atoms with Crippen LogP contribution in [-0.2, 0) is 11.3 Å². The molecule has 2 bridgehead atoms. The van der Waals surface area contributed by atoms with Crippen LogP contribution in [0.1, 0.15) is 25.8 Å². The number of aliphatic hydroxyl groups is 1. The van der Waals surface area contributed by atoms with Crippen LogP contribution in [0, 0.1) is 0 Å². The monoisotopic (exact) mass is 304 g/mol. The van der Waals surface area contributed by atoms with E-state index in [1.807, 2.05) is 13.8 Å². The SMILES string of the molecule is CC(C)OC[C@H](O)CN1C[C@@H]2C[C@H]1CN2Cc1ccccc1. The number of rotatable bonds is 7. The Morgan fingerprint density at radius 3 is 2.45 bits per heavy atom. The van der Waals surface area contributed by atoms with Gasteiger partial charge in [0, 0.05) is 38.3 Å². The average Bonchev–Trinajstić information content (AvgIpc) is 3.06. The maximum absolute atomic E-state index is 10.1. The minimum Gasteiger partial charge on any atom is -0.389 e. The Morgan fingerprint density at radius 1 is 1.14 bits per heavy atom. The first-order valence-electron chi connectivity index (χ1n) is 8.43. The third kappa shape index (κ3) is 3.87. The fraction of sp³-hybridized carbons (Fsp3) is 0.667. The van der Waals surface area contributed by atoms with Gasteiger partial charge in [0.25, 0.3) is 0 Å². The highest BCUT2D eigenvalue weighted by Crippen LogP contribution is 2.31. The zero-order valence-corrected chi connectivity index (χ0v) is 13.7. The summed E-state index contributed by atoms with van der Waals surface area (Å²) in [7, 11) is 0. The van der Waals surface area contributed by atoms with Crippen molar-refractivity contribution >= 4 is 0 Å². The number of benzene rings is 1. The molecule has 2 aliphatic heterocycles. The second-order valence-corrected chi connectivity index (χ2v) is 6.95. The number of likely N-dealkylation sites (tertiary alicyclic amines) is 2. The molecule has 1 aromatic rings. The molecule has 0 radical (unpaired) electrons. The van der Waals surface area contributed by atoms with E-state index in [0.717, 1.165) is 26.2 Å². The van der Waals surface area contributed by atoms with Crippen molar-refractivity contribution in [2.45, 2.75) is 51.1 Å². The molecule has 0 amide bonds. The van der Waals surface area contributed by atoms with E-state index in [0.29, 0.717) is 18.7 Å². The van der Waals surface area contributed by atoms with Crippen molar-refractivity contribution < 1.29 is 9.84 Å². The molecule has 22 heavy (non-hydrogen) atoms. The zero-order chi connectivity index (χ0) is 15.5. The van der Waals surface area contributed by atoms with Crippen LogP contribution >= 0.6 is 0 Å². The van der Waals surface area contributed by atoms with E-state index in [1.54, 1.807) is 0 Å². The number of ether oxygens (including phenoxy) is 1. The van der Waals surface area contributed by atoms with Gasteiger partial charge in [-0.25, -0.2) is 0 Å². The largest absolute Gasteiger partial charge is 0.389 e. The van der Waals surface area contributed by atoms with Crippen LogP contribution in [0.25, 0.3) is 0 Å². The average molecular weight is 304 g/mol. The molecule has 3 atom stereocenters. The highest BCUT2D eigenvalue weighted by atomic mass is 16.5. The van der Waals surface area contributed by atoms with Gasteiger partial charge in [0.15, 0.2) is 0 Å². The van der Waals surface area contributed by atoms with Crippen molar-refractivity contribution in [3.05, 3.63) is 35.9 Å². The van der Waals surface area contributed by atoms with E-state index in [4.69, 9.17) is 4.74 Å². The molecule has 2 fully saturated rings. The van der Waals surface area contributed by atoms with E-state index < -0.39 is 0 Å². The van der Waals surface area contributed by atoms with Crippen LogP contribution < -0.4 is 0 Å². The van der Waals surface area contributed by atoms with E-state index in [2.05, 4.69) is 40.1 Å². The van der Waals surface area contributed by atoms with Crippen LogP contribution in [0.5, 0.6) is 0 Å². The predicted molar refractivity (Wildman–Crippen MR) is 87.7 cm³/mol. The van der Waals surface area contributed by atoms with Crippen LogP contribution in [0.2, 0.25) is 0 Å². The third-order valence-corrected chi connectivity index (χ3v) is 4.76. The maximum atomic E-state index is 10.1. The van der Waals surface area contributed by atoms with Crippen LogP contribution in [0.15, 0.2) is 30.3 Å². The molecule has 4 nitrogen and oxygen atoms in total. The third-order valence-electron chi connectivity index (χ3n) is 4.76. The lowest BCUT2D eigenvalue weighted by Crippen LogP contribution is -2.48. The van der Waals surface area contributed by atoms with Crippen LogP contribution in [0.3, 0.4) is 0 Å². The van der Waals surface area contributed by atoms with Gasteiger partial charge < -0.3 is 9.84 Å². The highest BCUT2D eigenvalue weighted by molar-refractivity contribution is 5.15. The molecule has 122 valence electrons. The van der Waals surface area contributed by atoms with Gasteiger partial charge in [-0.3, -0.25) is 9.80 Å². The van der Waals surface area contributed by atoms with Crippen molar-refractivity contribution in [2.24, 2.45) is 0 Å². The van der Waals surface area contributed by atoms with Crippen molar-refractivity contribution in [2.75, 3.05) is 26.2 Å². The number of nitrogens with zero attached hydrogens (tertiary/aromatic N) is 2. The molecule has 2 heterocycles. The van der Waals surface area contributed by atoms with E-state index in [-0.39, 0.29) is 12.2 Å². The summed E-state index contributed by atoms with van der Waals surface area (Å²) in [6.07, 6.45) is 1.06. The summed E-state index contributed by atoms with van der Waals surface area (Å²) in [4.78, 5) is 5.04. The standard InChI is InChI=1S/C18H28N2O2/c1-14(2)22-13-18(21)12-20-11-16-8-17(20)10-19(16)9-15-6-4-3-5-7-15/h3-7,14,16-18,21H,8-13H2,1-2H3/t16-,17-,18+/m0/s1. The van der Waals surface area contributed by atoms with Gasteiger partial charge in [0.2, 0.25) is 0 Å². The molecular formula is C18H28N2O2. The molecule has 1 aromatic carbocycles. The van der Waals surface area contributed by atoms with E-state index in [1.165, 1.54) is 12.0 Å². The second kappa shape index (κ2) is 7.09. The topological polar surface area (TPSA) is 35.9 Å². The lowest BCUT2D eigenvalue weighted by Gasteiger charge is -2.35. The fourth-order valence-electron chi connectivity index (χ4n) is 3.69. The van der Waals surface area contributed by atoms with E-state index in [9.17, 15) is 5.11 Å². The summed E-state index contributed by atoms with van der Waals surface area (Å²) in [5.74, 6) is 0. The molecule has 0 aromatic heterocycles. The van der Waals surface area contributed by atoms with Gasteiger partial charge in [-0.2, -0.15) is 0 Å². The molecular weight excluding hydrogens is 276 g/mol. The molecule has 1 N–H and O–H groups in total. The highest BCUT2D eigenvalue weighted by Gasteiger charge is 2.43. The van der Waals surface area contributed by atoms with Crippen molar-refractivity contribution in [3.63, 3.8) is 0 Å². The summed E-state index contributed by atoms with van der Waals surface area (Å²) < 4.78 is 5.51. The Labute approximate surface area is 133 Å². The predicted octanol–water partition coefficient (Wildman–Crippen LogP) is 1.73. The first-order valence-corrected chi connectivity index (χ1v) is 8.43. The summed E-state index contributed by atoms with van der Waals surface area (Å²) in [5, 5.41) is 10.1. The van der Waals surface area contributed by atoms with Gasteiger partial charge in [-0.1, -0.05) is 30.3 Å². The number of hydrogen-bond acceptors (Lipinski definition) is 4. The lowest BCUT2D eigenvalue weighted by atomic mass is 10.2. The van der Waals surface area contributed by atoms with Gasteiger partial charge in [-0.05, 0) is 25.8 Å². The number of aliphatic hydroxyl groups excluding tert-OH is 1. The lowest BCUT2D eigenvalue weighted by molar-refractivity contribution is -0.0160. The van der Waals surface area contributed by atoms with Gasteiger partial charge in [-0.15, -0.1) is 0 Å². The fourth-order valence-corrected chi connectivity index (χ4v) is 3.69. The Balaban J connectivity index is 1.45. The normalized spacial score (nSPS) is 26.9. The number of piperazine rings is 1. The molecule has 0 spiro atoms. The van der Waals surface area contributed by atoms with Gasteiger partial charge in [0.05, 0.1) is 18.8 Å². The van der Waals surface area contributed by atoms with Crippen molar-refractivity contribution in [1.29, 1.82) is 0 Å². The Bertz CT molecular complexity index is 465. The summed E-state index contributed by atoms with van der Waals surface area (Å²) >= 11 is 0. The summed E-state index contributed by atoms with van der Waals surface area (Å²) in [6, 6.07) is 11.9. The number of β-amino-alcohol motifs (C(OH)–C–C–N with tert-alkyl or cyclic N) is 1. The molecule has 4 heteroatoms. The first-order chi connectivity index (χ1) is 10.6. The molecule has 0 aliphatic carbocycles. The zero-order valence-electron chi connectivity index (χ0n) is 13.7. The second-order valence-electron chi connectivity index (χ2n) is 6.95. The van der Waals surface area contributed by atoms with Gasteiger partial charge >= 0.3 is 0 Å².